The van der Waals surface area contributed by atoms with E-state index in [0.717, 1.165) is 5.70 Å². The number of amides is 1. The molecule has 6 heteroatoms. The van der Waals surface area contributed by atoms with Gasteiger partial charge in [0.15, 0.2) is 0 Å². The molecule has 0 bridgehead atoms. The lowest BCUT2D eigenvalue weighted by atomic mass is 10.2. The van der Waals surface area contributed by atoms with Gasteiger partial charge in [-0.1, -0.05) is 18.2 Å². The molecule has 0 aliphatic carbocycles. The van der Waals surface area contributed by atoms with Crippen molar-refractivity contribution >= 4 is 40.2 Å². The molecule has 104 valence electrons. The van der Waals surface area contributed by atoms with Gasteiger partial charge in [0.25, 0.3) is 0 Å². The van der Waals surface area contributed by atoms with Gasteiger partial charge in [-0.2, -0.15) is 4.99 Å². The summed E-state index contributed by atoms with van der Waals surface area (Å²) in [6.45, 7) is 1.85. The number of hydrogen-bond donors (Lipinski definition) is 0. The van der Waals surface area contributed by atoms with Gasteiger partial charge in [-0.25, -0.2) is 9.79 Å². The predicted molar refractivity (Wildman–Crippen MR) is 84.2 cm³/mol. The maximum atomic E-state index is 11.8. The Bertz CT molecular complexity index is 596. The lowest BCUT2D eigenvalue weighted by Gasteiger charge is -2.15. The molecule has 0 spiro atoms. The van der Waals surface area contributed by atoms with E-state index < -0.39 is 11.5 Å². The number of thioether (sulfide) groups is 1. The summed E-state index contributed by atoms with van der Waals surface area (Å²) >= 11 is 7.58. The van der Waals surface area contributed by atoms with Crippen molar-refractivity contribution in [3.63, 3.8) is 0 Å². The van der Waals surface area contributed by atoms with Crippen molar-refractivity contribution in [2.45, 2.75) is 12.3 Å². The Morgan fingerprint density at radius 2 is 2.10 bits per heavy atom. The molecule has 1 amide bonds. The zero-order valence-electron chi connectivity index (χ0n) is 11.0. The van der Waals surface area contributed by atoms with E-state index in [9.17, 15) is 4.79 Å². The Morgan fingerprint density at radius 3 is 2.75 bits per heavy atom. The van der Waals surface area contributed by atoms with Gasteiger partial charge in [-0.15, -0.1) is 23.4 Å². The van der Waals surface area contributed by atoms with E-state index in [-0.39, 0.29) is 0 Å². The maximum absolute atomic E-state index is 11.8. The number of para-hydroxylation sites is 1. The number of benzene rings is 1. The van der Waals surface area contributed by atoms with Crippen LogP contribution in [0.5, 0.6) is 5.75 Å². The van der Waals surface area contributed by atoms with E-state index in [0.29, 0.717) is 16.5 Å². The van der Waals surface area contributed by atoms with Gasteiger partial charge in [-0.05, 0) is 31.4 Å². The molecule has 1 heterocycles. The normalized spacial score (nSPS) is 20.4. The molecule has 0 N–H and O–H groups in total. The number of alkyl halides is 1. The van der Waals surface area contributed by atoms with Crippen LogP contribution in [-0.4, -0.2) is 28.5 Å². The largest absolute Gasteiger partial charge is 0.439 e. The zero-order valence-corrected chi connectivity index (χ0v) is 12.6. The monoisotopic (exact) mass is 308 g/mol. The first kappa shape index (κ1) is 14.8. The number of halogens is 1. The van der Waals surface area contributed by atoms with Crippen LogP contribution in [0.4, 0.5) is 4.79 Å². The Balaban J connectivity index is 2.17. The third-order valence-electron chi connectivity index (χ3n) is 2.50. The molecule has 2 rings (SSSR count). The molecule has 1 unspecified atom stereocenters. The average Bonchev–Trinajstić information content (AvgIpc) is 2.42. The average molecular weight is 309 g/mol. The van der Waals surface area contributed by atoms with Crippen molar-refractivity contribution in [2.24, 2.45) is 9.98 Å². The summed E-state index contributed by atoms with van der Waals surface area (Å²) in [6, 6.07) is 8.77. The summed E-state index contributed by atoms with van der Waals surface area (Å²) in [5.74, 6) is 0.443. The smallest absolute Gasteiger partial charge is 0.409 e. The summed E-state index contributed by atoms with van der Waals surface area (Å²) in [5, 5.41) is 0.160. The number of carbonyl (C=O) groups is 1. The van der Waals surface area contributed by atoms with Gasteiger partial charge >= 0.3 is 6.09 Å². The minimum Gasteiger partial charge on any atom is -0.409 e. The molecule has 0 radical (unpaired) electrons. The molecule has 1 atom stereocenters. The second-order valence-electron chi connectivity index (χ2n) is 4.01. The molecule has 0 fully saturated rings. The van der Waals surface area contributed by atoms with E-state index in [1.165, 1.54) is 11.8 Å². The van der Waals surface area contributed by atoms with Gasteiger partial charge in [-0.3, -0.25) is 0 Å². The Kier molecular flexibility index (Phi) is 4.98. The van der Waals surface area contributed by atoms with Gasteiger partial charge < -0.3 is 4.74 Å². The lowest BCUT2D eigenvalue weighted by Crippen LogP contribution is -2.26. The van der Waals surface area contributed by atoms with Gasteiger partial charge in [0.05, 0.1) is 5.38 Å². The molecule has 1 aromatic rings. The second kappa shape index (κ2) is 6.72. The summed E-state index contributed by atoms with van der Waals surface area (Å²) in [6.07, 6.45) is 2.90. The molecule has 1 aliphatic heterocycles. The van der Waals surface area contributed by atoms with E-state index in [4.69, 9.17) is 16.3 Å². The van der Waals surface area contributed by atoms with Crippen LogP contribution >= 0.6 is 23.4 Å². The van der Waals surface area contributed by atoms with Crippen LogP contribution in [-0.2, 0) is 0 Å². The minimum absolute atomic E-state index is 0.422. The number of aliphatic imine (C=N–C) groups is 2. The molecule has 20 heavy (non-hydrogen) atoms. The first-order chi connectivity index (χ1) is 9.60. The number of hydrogen-bond acceptors (Lipinski definition) is 4. The van der Waals surface area contributed by atoms with E-state index in [1.807, 2.05) is 19.2 Å². The summed E-state index contributed by atoms with van der Waals surface area (Å²) in [7, 11) is 0. The Hall–Kier alpha value is -1.59. The summed E-state index contributed by atoms with van der Waals surface area (Å²) < 4.78 is 5.12. The van der Waals surface area contributed by atoms with Crippen molar-refractivity contribution < 1.29 is 9.53 Å². The number of carbonyl (C=O) groups excluding carboxylic acids is 1. The van der Waals surface area contributed by atoms with Crippen LogP contribution in [0.1, 0.15) is 6.92 Å². The highest BCUT2D eigenvalue weighted by atomic mass is 35.5. The van der Waals surface area contributed by atoms with Gasteiger partial charge in [0.1, 0.15) is 16.5 Å². The molecule has 4 nitrogen and oxygen atoms in total. The third kappa shape index (κ3) is 3.71. The van der Waals surface area contributed by atoms with Crippen molar-refractivity contribution in [1.82, 2.24) is 0 Å². The Labute approximate surface area is 126 Å². The molecular formula is C14H13ClN2O2S. The summed E-state index contributed by atoms with van der Waals surface area (Å²) in [5.41, 5.74) is 1.23. The fourth-order valence-electron chi connectivity index (χ4n) is 1.63. The highest BCUT2D eigenvalue weighted by molar-refractivity contribution is 8.15. The number of nitrogens with zero attached hydrogens (tertiary/aromatic N) is 2. The van der Waals surface area contributed by atoms with Crippen molar-refractivity contribution in [1.29, 1.82) is 0 Å². The van der Waals surface area contributed by atoms with E-state index in [2.05, 4.69) is 9.98 Å². The topological polar surface area (TPSA) is 51.0 Å². The van der Waals surface area contributed by atoms with Crippen LogP contribution in [0.25, 0.3) is 0 Å². The fourth-order valence-corrected chi connectivity index (χ4v) is 2.65. The first-order valence-electron chi connectivity index (χ1n) is 5.91. The highest BCUT2D eigenvalue weighted by Gasteiger charge is 2.22. The van der Waals surface area contributed by atoms with Crippen LogP contribution in [0.2, 0.25) is 0 Å². The van der Waals surface area contributed by atoms with E-state index >= 15 is 0 Å². The number of ether oxygens (including phenoxy) is 1. The molecule has 0 saturated carbocycles. The molecule has 1 aliphatic rings. The Morgan fingerprint density at radius 1 is 1.40 bits per heavy atom. The fraction of sp³-hybridized carbons (Fsp3) is 0.214. The molecular weight excluding hydrogens is 296 g/mol. The van der Waals surface area contributed by atoms with E-state index in [1.54, 1.807) is 30.3 Å². The van der Waals surface area contributed by atoms with Crippen LogP contribution in [0.3, 0.4) is 0 Å². The molecule has 0 aromatic heterocycles. The summed E-state index contributed by atoms with van der Waals surface area (Å²) in [4.78, 5) is 20.1. The highest BCUT2D eigenvalue weighted by Crippen LogP contribution is 2.20. The SMILES string of the molecule is CSC1=NC(C)=CC(Cl)C1=NC(=O)Oc1ccccc1. The molecule has 0 saturated heterocycles. The van der Waals surface area contributed by atoms with Crippen molar-refractivity contribution in [2.75, 3.05) is 6.26 Å². The predicted octanol–water partition coefficient (Wildman–Crippen LogP) is 3.91. The van der Waals surface area contributed by atoms with Crippen molar-refractivity contribution in [3.05, 3.63) is 42.1 Å². The van der Waals surface area contributed by atoms with Gasteiger partial charge in [0.2, 0.25) is 0 Å². The standard InChI is InChI=1S/C14H13ClN2O2S/c1-9-8-11(15)12(13(16-9)20-2)17-14(18)19-10-6-4-3-5-7-10/h3-8,11H,1-2H3. The zero-order chi connectivity index (χ0) is 14.5. The number of rotatable bonds is 1. The van der Waals surface area contributed by atoms with Crippen LogP contribution in [0.15, 0.2) is 52.1 Å². The van der Waals surface area contributed by atoms with Crippen LogP contribution in [0, 0.1) is 0 Å². The van der Waals surface area contributed by atoms with Crippen molar-refractivity contribution in [3.8, 4) is 5.75 Å². The number of allylic oxidation sites excluding steroid dienone is 2. The maximum Gasteiger partial charge on any atom is 0.439 e. The van der Waals surface area contributed by atoms with Gasteiger partial charge in [0, 0.05) is 5.70 Å². The first-order valence-corrected chi connectivity index (χ1v) is 7.57. The van der Waals surface area contributed by atoms with Crippen LogP contribution < -0.4 is 4.74 Å². The minimum atomic E-state index is -0.702. The lowest BCUT2D eigenvalue weighted by molar-refractivity contribution is 0.211. The molecule has 1 aromatic carbocycles. The second-order valence-corrected chi connectivity index (χ2v) is 5.27. The quantitative estimate of drug-likeness (QED) is 0.739. The third-order valence-corrected chi connectivity index (χ3v) is 3.52.